The molecule has 0 aliphatic carbocycles. The summed E-state index contributed by atoms with van der Waals surface area (Å²) < 4.78 is 0. The highest BCUT2D eigenvalue weighted by Crippen LogP contribution is 2.12. The average Bonchev–Trinajstić information content (AvgIpc) is 2.17. The normalized spacial score (nSPS) is 12.2. The smallest absolute Gasteiger partial charge is 0.230 e. The fraction of sp³-hybridized carbons (Fsp3) is 0.200. The highest BCUT2D eigenvalue weighted by atomic mass is 16.3. The molecule has 0 saturated heterocycles. The van der Waals surface area contributed by atoms with Gasteiger partial charge in [0, 0.05) is 6.92 Å². The second kappa shape index (κ2) is 3.96. The number of rotatable bonds is 3. The zero-order valence-electron chi connectivity index (χ0n) is 7.23. The van der Waals surface area contributed by atoms with Gasteiger partial charge < -0.3 is 5.11 Å². The molecule has 1 aromatic carbocycles. The lowest BCUT2D eigenvalue weighted by atomic mass is 10.0. The minimum atomic E-state index is -1.32. The Labute approximate surface area is 76.0 Å². The molecule has 1 unspecified atom stereocenters. The van der Waals surface area contributed by atoms with E-state index in [9.17, 15) is 14.7 Å². The van der Waals surface area contributed by atoms with Crippen LogP contribution in [0, 0.1) is 0 Å². The van der Waals surface area contributed by atoms with Crippen LogP contribution in [0.4, 0.5) is 0 Å². The number of ketones is 2. The zero-order valence-corrected chi connectivity index (χ0v) is 7.23. The first-order valence-corrected chi connectivity index (χ1v) is 3.90. The molecule has 13 heavy (non-hydrogen) atoms. The van der Waals surface area contributed by atoms with E-state index in [1.807, 2.05) is 0 Å². The van der Waals surface area contributed by atoms with Crippen LogP contribution in [0.1, 0.15) is 18.6 Å². The van der Waals surface area contributed by atoms with Crippen LogP contribution >= 0.6 is 0 Å². The van der Waals surface area contributed by atoms with E-state index in [2.05, 4.69) is 0 Å². The first kappa shape index (κ1) is 9.61. The van der Waals surface area contributed by atoms with E-state index in [4.69, 9.17) is 0 Å². The molecule has 3 nitrogen and oxygen atoms in total. The van der Waals surface area contributed by atoms with Crippen molar-refractivity contribution in [2.75, 3.05) is 0 Å². The Hall–Kier alpha value is -1.48. The first-order chi connectivity index (χ1) is 6.13. The predicted molar refractivity (Wildman–Crippen MR) is 47.1 cm³/mol. The Bertz CT molecular complexity index is 316. The van der Waals surface area contributed by atoms with Gasteiger partial charge in [-0.3, -0.25) is 9.59 Å². The van der Waals surface area contributed by atoms with Crippen LogP contribution in [-0.4, -0.2) is 16.7 Å². The highest BCUT2D eigenvalue weighted by Gasteiger charge is 2.20. The number of aliphatic hydroxyl groups is 1. The van der Waals surface area contributed by atoms with Crippen LogP contribution in [0.15, 0.2) is 30.3 Å². The third-order valence-electron chi connectivity index (χ3n) is 1.71. The summed E-state index contributed by atoms with van der Waals surface area (Å²) >= 11 is 0. The summed E-state index contributed by atoms with van der Waals surface area (Å²) in [5.41, 5.74) is 0.447. The second-order valence-corrected chi connectivity index (χ2v) is 2.73. The molecule has 0 saturated carbocycles. The van der Waals surface area contributed by atoms with Crippen molar-refractivity contribution in [2.24, 2.45) is 0 Å². The third kappa shape index (κ3) is 2.23. The number of benzene rings is 1. The molecule has 1 N–H and O–H groups in total. The van der Waals surface area contributed by atoms with E-state index >= 15 is 0 Å². The minimum absolute atomic E-state index is 0.447. The Balaban J connectivity index is 2.86. The zero-order chi connectivity index (χ0) is 9.84. The van der Waals surface area contributed by atoms with Crippen LogP contribution in [0.2, 0.25) is 0 Å². The van der Waals surface area contributed by atoms with E-state index in [0.717, 1.165) is 6.92 Å². The third-order valence-corrected chi connectivity index (χ3v) is 1.71. The van der Waals surface area contributed by atoms with Crippen molar-refractivity contribution in [3.8, 4) is 0 Å². The number of carbonyl (C=O) groups excluding carboxylic acids is 2. The van der Waals surface area contributed by atoms with Gasteiger partial charge in [-0.25, -0.2) is 0 Å². The summed E-state index contributed by atoms with van der Waals surface area (Å²) in [7, 11) is 0. The maximum absolute atomic E-state index is 11.0. The van der Waals surface area contributed by atoms with Gasteiger partial charge in [0.1, 0.15) is 6.10 Å². The van der Waals surface area contributed by atoms with E-state index in [1.165, 1.54) is 0 Å². The average molecular weight is 178 g/mol. The molecule has 0 spiro atoms. The van der Waals surface area contributed by atoms with Gasteiger partial charge in [-0.2, -0.15) is 0 Å². The molecule has 0 amide bonds. The number of hydrogen-bond acceptors (Lipinski definition) is 3. The van der Waals surface area contributed by atoms with Gasteiger partial charge in [-0.1, -0.05) is 30.3 Å². The molecule has 1 rings (SSSR count). The largest absolute Gasteiger partial charge is 0.380 e. The van der Waals surface area contributed by atoms with Crippen molar-refractivity contribution in [2.45, 2.75) is 13.0 Å². The molecule has 0 heterocycles. The number of carbonyl (C=O) groups is 2. The van der Waals surface area contributed by atoms with Gasteiger partial charge in [0.05, 0.1) is 0 Å². The molecule has 1 atom stereocenters. The van der Waals surface area contributed by atoms with Crippen LogP contribution < -0.4 is 0 Å². The van der Waals surface area contributed by atoms with Crippen LogP contribution in [0.3, 0.4) is 0 Å². The van der Waals surface area contributed by atoms with E-state index in [0.29, 0.717) is 5.56 Å². The lowest BCUT2D eigenvalue weighted by molar-refractivity contribution is -0.140. The second-order valence-electron chi connectivity index (χ2n) is 2.73. The molecular formula is C10H10O3. The van der Waals surface area contributed by atoms with E-state index in [-0.39, 0.29) is 0 Å². The van der Waals surface area contributed by atoms with Crippen LogP contribution in [0.25, 0.3) is 0 Å². The van der Waals surface area contributed by atoms with E-state index < -0.39 is 17.7 Å². The Morgan fingerprint density at radius 2 is 1.77 bits per heavy atom. The number of Topliss-reactive ketones (excluding diaryl/α,β-unsaturated/α-hetero) is 2. The molecule has 0 bridgehead atoms. The van der Waals surface area contributed by atoms with Crippen molar-refractivity contribution in [1.29, 1.82) is 0 Å². The summed E-state index contributed by atoms with van der Waals surface area (Å²) in [6.07, 6.45) is -1.32. The topological polar surface area (TPSA) is 54.4 Å². The van der Waals surface area contributed by atoms with Crippen molar-refractivity contribution in [3.63, 3.8) is 0 Å². The van der Waals surface area contributed by atoms with Crippen molar-refractivity contribution in [3.05, 3.63) is 35.9 Å². The van der Waals surface area contributed by atoms with Crippen LogP contribution in [-0.2, 0) is 9.59 Å². The standard InChI is InChI=1S/C10H10O3/c1-7(11)9(12)10(13)8-5-3-2-4-6-8/h2-6,10,13H,1H3. The van der Waals surface area contributed by atoms with Gasteiger partial charge >= 0.3 is 0 Å². The quantitative estimate of drug-likeness (QED) is 0.699. The molecule has 3 heteroatoms. The van der Waals surface area contributed by atoms with Crippen molar-refractivity contribution >= 4 is 11.6 Å². The Morgan fingerprint density at radius 3 is 2.23 bits per heavy atom. The summed E-state index contributed by atoms with van der Waals surface area (Å²) in [4.78, 5) is 21.7. The fourth-order valence-corrected chi connectivity index (χ4v) is 0.979. The summed E-state index contributed by atoms with van der Waals surface area (Å²) in [5.74, 6) is -1.40. The predicted octanol–water partition coefficient (Wildman–Crippen LogP) is 0.878. The maximum atomic E-state index is 11.0. The molecule has 1 aromatic rings. The molecule has 0 aliphatic rings. The number of hydrogen-bond donors (Lipinski definition) is 1. The van der Waals surface area contributed by atoms with Gasteiger partial charge in [0.25, 0.3) is 0 Å². The lowest BCUT2D eigenvalue weighted by Crippen LogP contribution is -2.19. The van der Waals surface area contributed by atoms with Gasteiger partial charge in [0.15, 0.2) is 5.78 Å². The SMILES string of the molecule is CC(=O)C(=O)C(O)c1ccccc1. The summed E-state index contributed by atoms with van der Waals surface area (Å²) in [6.45, 7) is 1.15. The fourth-order valence-electron chi connectivity index (χ4n) is 0.979. The van der Waals surface area contributed by atoms with Gasteiger partial charge in [-0.15, -0.1) is 0 Å². The van der Waals surface area contributed by atoms with Crippen molar-refractivity contribution in [1.82, 2.24) is 0 Å². The van der Waals surface area contributed by atoms with Crippen molar-refractivity contribution < 1.29 is 14.7 Å². The summed E-state index contributed by atoms with van der Waals surface area (Å²) in [5, 5.41) is 9.39. The molecule has 68 valence electrons. The van der Waals surface area contributed by atoms with Crippen LogP contribution in [0.5, 0.6) is 0 Å². The van der Waals surface area contributed by atoms with Gasteiger partial charge in [0.2, 0.25) is 5.78 Å². The summed E-state index contributed by atoms with van der Waals surface area (Å²) in [6, 6.07) is 8.38. The highest BCUT2D eigenvalue weighted by molar-refractivity contribution is 6.37. The number of aliphatic hydroxyl groups excluding tert-OH is 1. The lowest BCUT2D eigenvalue weighted by Gasteiger charge is -2.06. The Kier molecular flexibility index (Phi) is 2.93. The monoisotopic (exact) mass is 178 g/mol. The molecule has 0 fully saturated rings. The molecule has 0 radical (unpaired) electrons. The Morgan fingerprint density at radius 1 is 1.23 bits per heavy atom. The van der Waals surface area contributed by atoms with Gasteiger partial charge in [-0.05, 0) is 5.56 Å². The first-order valence-electron chi connectivity index (χ1n) is 3.90. The molecule has 0 aromatic heterocycles. The molecule has 0 aliphatic heterocycles. The minimum Gasteiger partial charge on any atom is -0.380 e. The molecular weight excluding hydrogens is 168 g/mol. The maximum Gasteiger partial charge on any atom is 0.230 e. The van der Waals surface area contributed by atoms with E-state index in [1.54, 1.807) is 30.3 Å².